The zero-order valence-corrected chi connectivity index (χ0v) is 3.47. The smallest absolute Gasteiger partial charge is 0.118 e. The Bertz CT molecular complexity index is 236. The van der Waals surface area contributed by atoms with E-state index in [2.05, 4.69) is 4.98 Å². The molecule has 0 aliphatic rings. The molecule has 0 radical (unpaired) electrons. The van der Waals surface area contributed by atoms with E-state index in [1.165, 1.54) is 0 Å². The van der Waals surface area contributed by atoms with Gasteiger partial charge in [-0.1, -0.05) is 0 Å². The predicted molar refractivity (Wildman–Crippen MR) is 25.9 cm³/mol. The third-order valence-electron chi connectivity index (χ3n) is 0.505. The number of aromatic nitrogens is 1. The average molecular weight is 98.1 g/mol. The quantitative estimate of drug-likeness (QED) is 0.520. The molecule has 7 heavy (non-hydrogen) atoms. The van der Waals surface area contributed by atoms with Gasteiger partial charge in [-0.15, -0.1) is 0 Å². The molecule has 0 spiro atoms. The fourth-order valence-corrected chi connectivity index (χ4v) is 0.247. The van der Waals surface area contributed by atoms with Crippen LogP contribution in [0.15, 0.2) is 24.5 Å². The standard InChI is InChI=1S/C5H5NO/c7-5-1-3-6-4-2-5/h1-4H,(H,6,7)/i1D,2D,3D. The molecule has 1 rings (SSSR count). The van der Waals surface area contributed by atoms with E-state index in [-0.39, 0.29) is 12.2 Å². The molecule has 0 saturated heterocycles. The lowest BCUT2D eigenvalue weighted by atomic mass is 10.5. The van der Waals surface area contributed by atoms with Crippen LogP contribution in [0.1, 0.15) is 4.11 Å². The molecule has 0 fully saturated rings. The van der Waals surface area contributed by atoms with Crippen LogP contribution in [0, 0.1) is 0 Å². The molecule has 0 bridgehead atoms. The van der Waals surface area contributed by atoms with Gasteiger partial charge in [0.05, 0.1) is 4.11 Å². The van der Waals surface area contributed by atoms with Gasteiger partial charge >= 0.3 is 0 Å². The van der Waals surface area contributed by atoms with Crippen LogP contribution in [0.3, 0.4) is 0 Å². The van der Waals surface area contributed by atoms with Crippen molar-refractivity contribution >= 4 is 0 Å². The lowest BCUT2D eigenvalue weighted by molar-refractivity contribution is 0.474. The lowest BCUT2D eigenvalue weighted by Crippen LogP contribution is -1.63. The van der Waals surface area contributed by atoms with Crippen molar-refractivity contribution in [1.29, 1.82) is 0 Å². The number of nitrogens with zero attached hydrogens (tertiary/aromatic N) is 1. The fraction of sp³-hybridized carbons (Fsp3) is 0. The van der Waals surface area contributed by atoms with Crippen molar-refractivity contribution in [3.8, 4) is 5.75 Å². The van der Waals surface area contributed by atoms with Crippen molar-refractivity contribution in [3.05, 3.63) is 24.5 Å². The normalized spacial score (nSPS) is 14.6. The molecule has 2 heteroatoms. The zero-order chi connectivity index (χ0) is 7.72. The molecule has 1 heterocycles. The third-order valence-corrected chi connectivity index (χ3v) is 0.505. The summed E-state index contributed by atoms with van der Waals surface area (Å²) >= 11 is 0. The van der Waals surface area contributed by atoms with E-state index >= 15 is 0 Å². The molecule has 0 aromatic carbocycles. The number of hydrogen-bond acceptors (Lipinski definition) is 2. The van der Waals surface area contributed by atoms with Gasteiger partial charge < -0.3 is 5.11 Å². The summed E-state index contributed by atoms with van der Waals surface area (Å²) in [6.45, 7) is 0. The van der Waals surface area contributed by atoms with Gasteiger partial charge in [-0.25, -0.2) is 0 Å². The van der Waals surface area contributed by atoms with Gasteiger partial charge in [0.15, 0.2) is 0 Å². The predicted octanol–water partition coefficient (Wildman–Crippen LogP) is 0.787. The Morgan fingerprint density at radius 1 is 1.71 bits per heavy atom. The maximum atomic E-state index is 8.85. The van der Waals surface area contributed by atoms with Gasteiger partial charge in [-0.2, -0.15) is 0 Å². The largest absolute Gasteiger partial charge is 0.508 e. The maximum absolute atomic E-state index is 8.85. The second-order valence-corrected chi connectivity index (χ2v) is 0.988. The third kappa shape index (κ3) is 0.892. The molecule has 0 saturated carbocycles. The van der Waals surface area contributed by atoms with E-state index in [1.807, 2.05) is 0 Å². The SMILES string of the molecule is [2H]c1cnc([2H])c([2H])c1O. The molecule has 0 aliphatic carbocycles. The van der Waals surface area contributed by atoms with Crippen molar-refractivity contribution in [3.63, 3.8) is 0 Å². The number of pyridine rings is 1. The van der Waals surface area contributed by atoms with Gasteiger partial charge in [-0.05, 0) is 12.1 Å². The zero-order valence-electron chi connectivity index (χ0n) is 6.47. The maximum Gasteiger partial charge on any atom is 0.118 e. The van der Waals surface area contributed by atoms with E-state index in [9.17, 15) is 0 Å². The van der Waals surface area contributed by atoms with Crippen molar-refractivity contribution < 1.29 is 9.22 Å². The highest BCUT2D eigenvalue weighted by atomic mass is 16.3. The number of hydrogen-bond donors (Lipinski definition) is 1. The summed E-state index contributed by atoms with van der Waals surface area (Å²) < 4.78 is 20.8. The first kappa shape index (κ1) is 1.82. The number of aromatic hydroxyl groups is 1. The van der Waals surface area contributed by atoms with Crippen LogP contribution in [0.2, 0.25) is 0 Å². The minimum Gasteiger partial charge on any atom is -0.508 e. The fourth-order valence-electron chi connectivity index (χ4n) is 0.247. The highest BCUT2D eigenvalue weighted by molar-refractivity contribution is 5.13. The summed E-state index contributed by atoms with van der Waals surface area (Å²) in [5.74, 6) is -0.486. The first-order chi connectivity index (χ1) is 4.63. The van der Waals surface area contributed by atoms with Crippen LogP contribution in [-0.2, 0) is 0 Å². The Hall–Kier alpha value is -1.05. The summed E-state index contributed by atoms with van der Waals surface area (Å²) in [7, 11) is 0. The van der Waals surface area contributed by atoms with Crippen molar-refractivity contribution in [1.82, 2.24) is 4.98 Å². The Kier molecular flexibility index (Phi) is 0.416. The Labute approximate surface area is 45.7 Å². The van der Waals surface area contributed by atoms with E-state index < -0.39 is 11.8 Å². The molecule has 1 aromatic rings. The monoisotopic (exact) mass is 98.1 g/mol. The summed E-state index contributed by atoms with van der Waals surface area (Å²) in [5, 5.41) is 8.85. The molecule has 0 atom stereocenters. The first-order valence-electron chi connectivity index (χ1n) is 3.24. The van der Waals surface area contributed by atoms with Crippen LogP contribution in [-0.4, -0.2) is 10.1 Å². The first-order valence-corrected chi connectivity index (χ1v) is 1.74. The van der Waals surface area contributed by atoms with Gasteiger partial charge in [0, 0.05) is 12.4 Å². The summed E-state index contributed by atoms with van der Waals surface area (Å²) in [6, 6.07) is -0.617. The van der Waals surface area contributed by atoms with Crippen LogP contribution < -0.4 is 0 Å². The van der Waals surface area contributed by atoms with Crippen molar-refractivity contribution in [2.75, 3.05) is 0 Å². The summed E-state index contributed by atoms with van der Waals surface area (Å²) in [6.07, 6.45) is 0.726. The number of rotatable bonds is 0. The Morgan fingerprint density at radius 3 is 3.29 bits per heavy atom. The Balaban J connectivity index is 3.34. The molecule has 2 nitrogen and oxygen atoms in total. The van der Waals surface area contributed by atoms with Gasteiger partial charge in [0.1, 0.15) is 5.75 Å². The molecule has 0 amide bonds. The van der Waals surface area contributed by atoms with Gasteiger partial charge in [0.2, 0.25) is 0 Å². The van der Waals surface area contributed by atoms with Crippen molar-refractivity contribution in [2.24, 2.45) is 0 Å². The van der Waals surface area contributed by atoms with E-state index in [0.717, 1.165) is 6.20 Å². The molecule has 0 unspecified atom stereocenters. The van der Waals surface area contributed by atoms with Gasteiger partial charge in [0.25, 0.3) is 0 Å². The van der Waals surface area contributed by atoms with Crippen LogP contribution in [0.5, 0.6) is 5.75 Å². The lowest BCUT2D eigenvalue weighted by Gasteiger charge is -1.82. The molecular formula is C5H5NO. The second kappa shape index (κ2) is 1.60. The molecule has 1 aromatic heterocycles. The Morgan fingerprint density at radius 2 is 2.57 bits per heavy atom. The molecule has 1 N–H and O–H groups in total. The minimum atomic E-state index is -0.486. The summed E-state index contributed by atoms with van der Waals surface area (Å²) in [4.78, 5) is 3.37. The minimum absolute atomic E-state index is 0.221. The second-order valence-electron chi connectivity index (χ2n) is 0.988. The topological polar surface area (TPSA) is 33.1 Å². The summed E-state index contributed by atoms with van der Waals surface area (Å²) in [5.41, 5.74) is 0. The van der Waals surface area contributed by atoms with E-state index in [4.69, 9.17) is 9.22 Å². The van der Waals surface area contributed by atoms with Crippen LogP contribution >= 0.6 is 0 Å². The molecule has 36 valence electrons. The van der Waals surface area contributed by atoms with Crippen molar-refractivity contribution in [2.45, 2.75) is 0 Å². The van der Waals surface area contributed by atoms with Crippen LogP contribution in [0.4, 0.5) is 0 Å². The molecular weight excluding hydrogens is 90.1 g/mol. The van der Waals surface area contributed by atoms with Gasteiger partial charge in [-0.3, -0.25) is 4.98 Å². The average Bonchev–Trinajstić information content (AvgIpc) is 1.93. The van der Waals surface area contributed by atoms with E-state index in [0.29, 0.717) is 0 Å². The van der Waals surface area contributed by atoms with Crippen LogP contribution in [0.25, 0.3) is 0 Å². The highest BCUT2D eigenvalue weighted by Crippen LogP contribution is 2.00. The highest BCUT2D eigenvalue weighted by Gasteiger charge is 1.75. The van der Waals surface area contributed by atoms with E-state index in [1.54, 1.807) is 0 Å². The molecule has 0 aliphatic heterocycles.